The second-order valence-electron chi connectivity index (χ2n) is 9.87. The fourth-order valence-corrected chi connectivity index (χ4v) is 5.51. The highest BCUT2D eigenvalue weighted by molar-refractivity contribution is 6.09. The minimum Gasteiger partial charge on any atom is -0.405 e. The molecule has 0 spiro atoms. The summed E-state index contributed by atoms with van der Waals surface area (Å²) in [6.07, 6.45) is 0.407. The number of hydrogen-bond acceptors (Lipinski definition) is 4. The second kappa shape index (κ2) is 10.5. The van der Waals surface area contributed by atoms with Crippen LogP contribution in [0, 0.1) is 0 Å². The van der Waals surface area contributed by atoms with Gasteiger partial charge in [0.15, 0.2) is 11.3 Å². The predicted molar refractivity (Wildman–Crippen MR) is 154 cm³/mol. The average molecular weight is 510 g/mol. The number of esters is 1. The third kappa shape index (κ3) is 4.77. The lowest BCUT2D eigenvalue weighted by Gasteiger charge is -2.33. The molecule has 4 heteroatoms. The van der Waals surface area contributed by atoms with Crippen LogP contribution in [-0.4, -0.2) is 23.2 Å². The number of cyclic esters (lactones) is 1. The highest BCUT2D eigenvalue weighted by Crippen LogP contribution is 2.44. The molecule has 0 unspecified atom stereocenters. The number of benzene rings is 5. The minimum absolute atomic E-state index is 0.0443. The van der Waals surface area contributed by atoms with Crippen LogP contribution in [0.2, 0.25) is 0 Å². The molecule has 1 heterocycles. The molecule has 0 bridgehead atoms. The van der Waals surface area contributed by atoms with Gasteiger partial charge in [-0.05, 0) is 34.0 Å². The number of fused-ring (bicyclic) bond motifs is 1. The van der Waals surface area contributed by atoms with E-state index in [1.807, 2.05) is 133 Å². The van der Waals surface area contributed by atoms with E-state index >= 15 is 0 Å². The maximum absolute atomic E-state index is 14.1. The van der Waals surface area contributed by atoms with Crippen LogP contribution in [0.1, 0.15) is 39.4 Å². The molecule has 0 saturated heterocycles. The van der Waals surface area contributed by atoms with Crippen LogP contribution in [0.5, 0.6) is 0 Å². The summed E-state index contributed by atoms with van der Waals surface area (Å²) in [5.41, 5.74) is 1.86. The van der Waals surface area contributed by atoms with Gasteiger partial charge in [-0.15, -0.1) is 0 Å². The zero-order valence-corrected chi connectivity index (χ0v) is 21.4. The molecule has 190 valence electrons. The number of Topliss-reactive ketones (excluding diaryl/α,β-unsaturated/α-hetero) is 1. The molecule has 4 nitrogen and oxygen atoms in total. The van der Waals surface area contributed by atoms with E-state index in [0.29, 0.717) is 12.0 Å². The van der Waals surface area contributed by atoms with Crippen molar-refractivity contribution in [2.75, 3.05) is 0 Å². The molecule has 2 atom stereocenters. The molecule has 1 aliphatic rings. The summed E-state index contributed by atoms with van der Waals surface area (Å²) < 4.78 is 5.94. The monoisotopic (exact) mass is 509 g/mol. The molecule has 39 heavy (non-hydrogen) atoms. The zero-order chi connectivity index (χ0) is 26.7. The van der Waals surface area contributed by atoms with Crippen LogP contribution in [0.15, 0.2) is 138 Å². The molecule has 6 rings (SSSR count). The van der Waals surface area contributed by atoms with Gasteiger partial charge in [-0.1, -0.05) is 121 Å². The molecule has 0 aromatic heterocycles. The Hall–Kier alpha value is -4.83. The Bertz CT molecular complexity index is 1660. The van der Waals surface area contributed by atoms with Gasteiger partial charge in [0.05, 0.1) is 0 Å². The van der Waals surface area contributed by atoms with Crippen molar-refractivity contribution in [2.24, 2.45) is 4.99 Å². The van der Waals surface area contributed by atoms with Gasteiger partial charge >= 0.3 is 5.97 Å². The van der Waals surface area contributed by atoms with Gasteiger partial charge in [0.25, 0.3) is 0 Å². The van der Waals surface area contributed by atoms with Crippen molar-refractivity contribution in [2.45, 2.75) is 24.3 Å². The van der Waals surface area contributed by atoms with Gasteiger partial charge in [-0.25, -0.2) is 9.79 Å². The first-order chi connectivity index (χ1) is 19.1. The molecular weight excluding hydrogens is 482 g/mol. The first-order valence-electron chi connectivity index (χ1n) is 13.1. The van der Waals surface area contributed by atoms with E-state index in [4.69, 9.17) is 9.73 Å². The highest BCUT2D eigenvalue weighted by atomic mass is 16.6. The number of nitrogens with zero attached hydrogens (tertiary/aromatic N) is 1. The van der Waals surface area contributed by atoms with Crippen LogP contribution < -0.4 is 0 Å². The Morgan fingerprint density at radius 1 is 0.718 bits per heavy atom. The quantitative estimate of drug-likeness (QED) is 0.164. The average Bonchev–Trinajstić information content (AvgIpc) is 3.33. The zero-order valence-electron chi connectivity index (χ0n) is 21.4. The summed E-state index contributed by atoms with van der Waals surface area (Å²) >= 11 is 0. The first kappa shape index (κ1) is 24.5. The largest absolute Gasteiger partial charge is 0.405 e. The summed E-state index contributed by atoms with van der Waals surface area (Å²) in [6, 6.07) is 42.6. The molecule has 1 aliphatic heterocycles. The molecule has 0 saturated carbocycles. The van der Waals surface area contributed by atoms with Gasteiger partial charge < -0.3 is 4.74 Å². The fourth-order valence-electron chi connectivity index (χ4n) is 5.51. The number of ketones is 1. The van der Waals surface area contributed by atoms with Gasteiger partial charge in [0.2, 0.25) is 5.90 Å². The van der Waals surface area contributed by atoms with Crippen LogP contribution in [0.25, 0.3) is 10.8 Å². The highest BCUT2D eigenvalue weighted by Gasteiger charge is 2.53. The number of hydrogen-bond donors (Lipinski definition) is 0. The normalized spacial score (nSPS) is 17.4. The second-order valence-corrected chi connectivity index (χ2v) is 9.87. The third-order valence-corrected chi connectivity index (χ3v) is 7.44. The van der Waals surface area contributed by atoms with Gasteiger partial charge in [-0.3, -0.25) is 4.79 Å². The number of carbonyl (C=O) groups excluding carboxylic acids is 2. The molecular formula is C35H27NO3. The van der Waals surface area contributed by atoms with Gasteiger partial charge in [0, 0.05) is 29.9 Å². The summed E-state index contributed by atoms with van der Waals surface area (Å²) in [5, 5.41) is 2.04. The van der Waals surface area contributed by atoms with Crippen molar-refractivity contribution in [1.82, 2.24) is 0 Å². The predicted octanol–water partition coefficient (Wildman–Crippen LogP) is 7.18. The third-order valence-electron chi connectivity index (χ3n) is 7.44. The Balaban J connectivity index is 1.57. The number of rotatable bonds is 8. The molecule has 0 fully saturated rings. The topological polar surface area (TPSA) is 55.7 Å². The lowest BCUT2D eigenvalue weighted by molar-refractivity contribution is -0.139. The van der Waals surface area contributed by atoms with Crippen molar-refractivity contribution in [1.29, 1.82) is 0 Å². The summed E-state index contributed by atoms with van der Waals surface area (Å²) in [7, 11) is 0. The Kier molecular flexibility index (Phi) is 6.60. The van der Waals surface area contributed by atoms with Crippen LogP contribution in [0.3, 0.4) is 0 Å². The lowest BCUT2D eigenvalue weighted by atomic mass is 9.72. The molecule has 5 aromatic rings. The Labute approximate surface area is 227 Å². The fraction of sp³-hybridized carbons (Fsp3) is 0.114. The summed E-state index contributed by atoms with van der Waals surface area (Å²) in [4.78, 5) is 33.0. The number of carbonyl (C=O) groups is 2. The van der Waals surface area contributed by atoms with Crippen molar-refractivity contribution < 1.29 is 14.3 Å². The maximum Gasteiger partial charge on any atom is 0.341 e. The maximum atomic E-state index is 14.1. The van der Waals surface area contributed by atoms with Crippen molar-refractivity contribution in [3.8, 4) is 0 Å². The first-order valence-corrected chi connectivity index (χ1v) is 13.1. The SMILES string of the molecule is O=C(C[C@H](c1cccc2ccccc12)[C@@]1(Cc2ccccc2)N=C(c2ccccc2)OC1=O)c1ccccc1. The van der Waals surface area contributed by atoms with E-state index < -0.39 is 17.4 Å². The molecule has 0 radical (unpaired) electrons. The van der Waals surface area contributed by atoms with E-state index in [-0.39, 0.29) is 18.1 Å². The van der Waals surface area contributed by atoms with Crippen LogP contribution in [-0.2, 0) is 16.0 Å². The number of aliphatic imine (C=N–C) groups is 1. The Morgan fingerprint density at radius 3 is 2.08 bits per heavy atom. The van der Waals surface area contributed by atoms with Crippen molar-refractivity contribution in [3.05, 3.63) is 156 Å². The molecule has 5 aromatic carbocycles. The van der Waals surface area contributed by atoms with E-state index in [9.17, 15) is 9.59 Å². The number of ether oxygens (including phenoxy) is 1. The van der Waals surface area contributed by atoms with Gasteiger partial charge in [-0.2, -0.15) is 0 Å². The minimum atomic E-state index is -1.33. The molecule has 0 N–H and O–H groups in total. The van der Waals surface area contributed by atoms with E-state index in [1.54, 1.807) is 0 Å². The summed E-state index contributed by atoms with van der Waals surface area (Å²) in [5.74, 6) is -0.764. The van der Waals surface area contributed by atoms with Crippen molar-refractivity contribution >= 4 is 28.4 Å². The Morgan fingerprint density at radius 2 is 1.33 bits per heavy atom. The lowest BCUT2D eigenvalue weighted by Crippen LogP contribution is -2.44. The van der Waals surface area contributed by atoms with Crippen LogP contribution in [0.4, 0.5) is 0 Å². The summed E-state index contributed by atoms with van der Waals surface area (Å²) in [6.45, 7) is 0. The molecule has 0 aliphatic carbocycles. The van der Waals surface area contributed by atoms with E-state index in [2.05, 4.69) is 0 Å². The van der Waals surface area contributed by atoms with Crippen LogP contribution >= 0.6 is 0 Å². The molecule has 0 amide bonds. The van der Waals surface area contributed by atoms with Crippen molar-refractivity contribution in [3.63, 3.8) is 0 Å². The standard InChI is InChI=1S/C35H27NO3/c37-32(27-16-6-2-7-17-27)23-31(30-22-12-20-26-15-10-11-21-29(26)30)35(24-25-13-4-1-5-14-25)34(38)39-33(36-35)28-18-8-3-9-19-28/h1-22,31H,23-24H2/t31-,35-/m1/s1. The van der Waals surface area contributed by atoms with Gasteiger partial charge in [0.1, 0.15) is 0 Å². The smallest absolute Gasteiger partial charge is 0.341 e. The van der Waals surface area contributed by atoms with E-state index in [0.717, 1.165) is 27.5 Å². The van der Waals surface area contributed by atoms with E-state index in [1.165, 1.54) is 0 Å².